The molecule has 1 nitrogen and oxygen atoms in total. The molecule has 0 N–H and O–H groups in total. The summed E-state index contributed by atoms with van der Waals surface area (Å²) in [4.78, 5) is 5.38. The number of aliphatic imine (C=N–C) groups is 1. The van der Waals surface area contributed by atoms with Gasteiger partial charge >= 0.3 is 0 Å². The van der Waals surface area contributed by atoms with Crippen LogP contribution in [0.2, 0.25) is 0 Å². The van der Waals surface area contributed by atoms with Crippen molar-refractivity contribution in [2.75, 3.05) is 0 Å². The van der Waals surface area contributed by atoms with Gasteiger partial charge in [0.15, 0.2) is 0 Å². The number of nitrogens with zero attached hydrogens (tertiary/aromatic N) is 1. The van der Waals surface area contributed by atoms with E-state index in [-0.39, 0.29) is 0 Å². The third kappa shape index (κ3) is 1.31. The van der Waals surface area contributed by atoms with Crippen LogP contribution in [-0.2, 0) is 0 Å². The van der Waals surface area contributed by atoms with Gasteiger partial charge in [0, 0.05) is 17.0 Å². The average Bonchev–Trinajstić information content (AvgIpc) is 2.04. The summed E-state index contributed by atoms with van der Waals surface area (Å²) in [6.07, 6.45) is 11.1. The highest BCUT2D eigenvalue weighted by Gasteiger charge is 2.21. The lowest BCUT2D eigenvalue weighted by Crippen LogP contribution is -2.23. The molecule has 0 fully saturated rings. The van der Waals surface area contributed by atoms with Gasteiger partial charge in [-0.05, 0) is 12.5 Å². The molecule has 0 radical (unpaired) electrons. The first-order valence-corrected chi connectivity index (χ1v) is 4.18. The Bertz CT molecular complexity index is 263. The fraction of sp³-hybridized carbons (Fsp3) is 0.333. The summed E-state index contributed by atoms with van der Waals surface area (Å²) in [5.74, 6) is 0.525. The van der Waals surface area contributed by atoms with Crippen LogP contribution in [0.1, 0.15) is 6.42 Å². The molecule has 56 valence electrons. The summed E-state index contributed by atoms with van der Waals surface area (Å²) in [6.45, 7) is 0. The number of thiocarbonyl (C=S) groups is 1. The van der Waals surface area contributed by atoms with Crippen molar-refractivity contribution in [2.24, 2.45) is 10.9 Å². The van der Waals surface area contributed by atoms with E-state index in [0.717, 1.165) is 11.3 Å². The second-order valence-electron chi connectivity index (χ2n) is 2.87. The van der Waals surface area contributed by atoms with Gasteiger partial charge in [0.2, 0.25) is 0 Å². The van der Waals surface area contributed by atoms with E-state index in [1.165, 1.54) is 0 Å². The first kappa shape index (κ1) is 6.92. The maximum atomic E-state index is 5.10. The number of allylic oxidation sites excluding steroid dienone is 2. The molecule has 1 heterocycles. The van der Waals surface area contributed by atoms with Crippen LogP contribution in [0.4, 0.5) is 0 Å². The maximum absolute atomic E-state index is 5.10. The Morgan fingerprint density at radius 3 is 3.27 bits per heavy atom. The van der Waals surface area contributed by atoms with Crippen molar-refractivity contribution in [3.8, 4) is 0 Å². The van der Waals surface area contributed by atoms with Gasteiger partial charge in [0.25, 0.3) is 0 Å². The molecule has 2 unspecified atom stereocenters. The molecule has 0 aromatic carbocycles. The van der Waals surface area contributed by atoms with Gasteiger partial charge in [-0.3, -0.25) is 4.99 Å². The zero-order valence-corrected chi connectivity index (χ0v) is 6.92. The van der Waals surface area contributed by atoms with E-state index >= 15 is 0 Å². The highest BCUT2D eigenvalue weighted by Crippen LogP contribution is 2.23. The molecule has 0 bridgehead atoms. The molecular formula is C9H9NS. The Hall–Kier alpha value is -0.760. The predicted molar refractivity (Wildman–Crippen MR) is 51.3 cm³/mol. The second-order valence-corrected chi connectivity index (χ2v) is 3.39. The van der Waals surface area contributed by atoms with Crippen molar-refractivity contribution in [3.05, 3.63) is 24.3 Å². The monoisotopic (exact) mass is 163 g/mol. The van der Waals surface area contributed by atoms with Crippen LogP contribution in [0.15, 0.2) is 29.3 Å². The minimum absolute atomic E-state index is 0.353. The van der Waals surface area contributed by atoms with Crippen LogP contribution in [0.5, 0.6) is 0 Å². The molecule has 0 saturated carbocycles. The molecule has 0 amide bonds. The largest absolute Gasteiger partial charge is 0.285 e. The van der Waals surface area contributed by atoms with E-state index in [0.29, 0.717) is 12.0 Å². The van der Waals surface area contributed by atoms with Crippen LogP contribution < -0.4 is 0 Å². The minimum atomic E-state index is 0.353. The molecule has 0 spiro atoms. The second kappa shape index (κ2) is 2.70. The van der Waals surface area contributed by atoms with E-state index in [1.807, 2.05) is 18.4 Å². The van der Waals surface area contributed by atoms with Crippen molar-refractivity contribution in [1.82, 2.24) is 0 Å². The SMILES string of the molecule is S=C1C=CC2N=CC=CC2C1. The van der Waals surface area contributed by atoms with Gasteiger partial charge in [-0.1, -0.05) is 30.4 Å². The van der Waals surface area contributed by atoms with Crippen molar-refractivity contribution in [3.63, 3.8) is 0 Å². The quantitative estimate of drug-likeness (QED) is 0.497. The van der Waals surface area contributed by atoms with Gasteiger partial charge in [0.05, 0.1) is 6.04 Å². The van der Waals surface area contributed by atoms with Gasteiger partial charge < -0.3 is 0 Å². The van der Waals surface area contributed by atoms with E-state index < -0.39 is 0 Å². The summed E-state index contributed by atoms with van der Waals surface area (Å²) in [7, 11) is 0. The Morgan fingerprint density at radius 2 is 2.36 bits per heavy atom. The zero-order chi connectivity index (χ0) is 7.68. The zero-order valence-electron chi connectivity index (χ0n) is 6.10. The average molecular weight is 163 g/mol. The number of dihydropyridines is 1. The molecule has 1 aliphatic carbocycles. The lowest BCUT2D eigenvalue weighted by Gasteiger charge is -2.23. The Balaban J connectivity index is 2.26. The molecule has 0 aromatic heterocycles. The normalized spacial score (nSPS) is 34.0. The third-order valence-corrected chi connectivity index (χ3v) is 2.36. The summed E-state index contributed by atoms with van der Waals surface area (Å²) >= 11 is 5.10. The topological polar surface area (TPSA) is 12.4 Å². The van der Waals surface area contributed by atoms with E-state index in [2.05, 4.69) is 17.1 Å². The minimum Gasteiger partial charge on any atom is -0.285 e. The summed E-state index contributed by atoms with van der Waals surface area (Å²) in [6, 6.07) is 0.353. The predicted octanol–water partition coefficient (Wildman–Crippen LogP) is 1.94. The van der Waals surface area contributed by atoms with Gasteiger partial charge in [-0.15, -0.1) is 0 Å². The van der Waals surface area contributed by atoms with Gasteiger partial charge in [-0.25, -0.2) is 0 Å². The van der Waals surface area contributed by atoms with Gasteiger partial charge in [-0.2, -0.15) is 0 Å². The number of hydrogen-bond acceptors (Lipinski definition) is 2. The lowest BCUT2D eigenvalue weighted by molar-refractivity contribution is 0.591. The first-order valence-electron chi connectivity index (χ1n) is 3.77. The van der Waals surface area contributed by atoms with E-state index in [4.69, 9.17) is 12.2 Å². The van der Waals surface area contributed by atoms with Crippen LogP contribution in [0.25, 0.3) is 0 Å². The fourth-order valence-electron chi connectivity index (χ4n) is 1.45. The summed E-state index contributed by atoms with van der Waals surface area (Å²) in [5, 5.41) is 0. The van der Waals surface area contributed by atoms with Crippen molar-refractivity contribution < 1.29 is 0 Å². The maximum Gasteiger partial charge on any atom is 0.0749 e. The fourth-order valence-corrected chi connectivity index (χ4v) is 1.72. The van der Waals surface area contributed by atoms with E-state index in [9.17, 15) is 0 Å². The smallest absolute Gasteiger partial charge is 0.0749 e. The molecule has 1 aliphatic heterocycles. The number of rotatable bonds is 0. The highest BCUT2D eigenvalue weighted by atomic mass is 32.1. The van der Waals surface area contributed by atoms with Crippen LogP contribution in [-0.4, -0.2) is 17.1 Å². The molecule has 2 rings (SSSR count). The van der Waals surface area contributed by atoms with Crippen molar-refractivity contribution in [2.45, 2.75) is 12.5 Å². The number of fused-ring (bicyclic) bond motifs is 1. The van der Waals surface area contributed by atoms with Crippen LogP contribution >= 0.6 is 12.2 Å². The third-order valence-electron chi connectivity index (χ3n) is 2.06. The Morgan fingerprint density at radius 1 is 1.45 bits per heavy atom. The standard InChI is InChI=1S/C9H9NS/c11-8-3-4-9-7(6-8)2-1-5-10-9/h1-5,7,9H,6H2. The van der Waals surface area contributed by atoms with E-state index in [1.54, 1.807) is 0 Å². The van der Waals surface area contributed by atoms with Gasteiger partial charge in [0.1, 0.15) is 0 Å². The summed E-state index contributed by atoms with van der Waals surface area (Å²) in [5.41, 5.74) is 0. The first-order chi connectivity index (χ1) is 5.36. The molecule has 0 aromatic rings. The molecular weight excluding hydrogens is 154 g/mol. The van der Waals surface area contributed by atoms with Crippen molar-refractivity contribution in [1.29, 1.82) is 0 Å². The highest BCUT2D eigenvalue weighted by molar-refractivity contribution is 7.80. The van der Waals surface area contributed by atoms with Crippen LogP contribution in [0.3, 0.4) is 0 Å². The molecule has 2 heteroatoms. The molecule has 11 heavy (non-hydrogen) atoms. The van der Waals surface area contributed by atoms with Crippen LogP contribution in [0, 0.1) is 5.92 Å². The number of hydrogen-bond donors (Lipinski definition) is 0. The Labute approximate surface area is 71.5 Å². The lowest BCUT2D eigenvalue weighted by atomic mass is 9.88. The Kier molecular flexibility index (Phi) is 1.70. The molecule has 0 saturated heterocycles. The molecule has 2 aliphatic rings. The summed E-state index contributed by atoms with van der Waals surface area (Å²) < 4.78 is 0. The van der Waals surface area contributed by atoms with Crippen molar-refractivity contribution >= 4 is 23.3 Å². The molecule has 2 atom stereocenters.